The van der Waals surface area contributed by atoms with Gasteiger partial charge in [-0.2, -0.15) is 0 Å². The van der Waals surface area contributed by atoms with Gasteiger partial charge in [0.2, 0.25) is 10.0 Å². The van der Waals surface area contributed by atoms with Gasteiger partial charge >= 0.3 is 0 Å². The van der Waals surface area contributed by atoms with Gasteiger partial charge in [0.05, 0.1) is 12.2 Å². The molecule has 8 heteroatoms. The Balaban J connectivity index is 2.23. The molecule has 0 saturated heterocycles. The second-order valence-corrected chi connectivity index (χ2v) is 6.67. The Morgan fingerprint density at radius 2 is 2.00 bits per heavy atom. The number of aryl methyl sites for hydroxylation is 1. The highest BCUT2D eigenvalue weighted by atomic mass is 32.2. The summed E-state index contributed by atoms with van der Waals surface area (Å²) in [5, 5.41) is 10.8. The zero-order valence-electron chi connectivity index (χ0n) is 12.2. The van der Waals surface area contributed by atoms with Crippen LogP contribution in [0, 0.1) is 0 Å². The molecule has 0 atom stereocenters. The van der Waals surface area contributed by atoms with Crippen LogP contribution in [0.5, 0.6) is 0 Å². The van der Waals surface area contributed by atoms with E-state index in [-0.39, 0.29) is 10.9 Å². The first kappa shape index (κ1) is 15.5. The maximum atomic E-state index is 12.3. The summed E-state index contributed by atoms with van der Waals surface area (Å²) in [6.07, 6.45) is 1.60. The van der Waals surface area contributed by atoms with Crippen LogP contribution in [0.15, 0.2) is 35.5 Å². The normalized spacial score (nSPS) is 11.8. The van der Waals surface area contributed by atoms with Crippen molar-refractivity contribution in [3.05, 3.63) is 36.4 Å². The van der Waals surface area contributed by atoms with Crippen LogP contribution in [0.25, 0.3) is 0 Å². The van der Waals surface area contributed by atoms with Gasteiger partial charge in [-0.3, -0.25) is 0 Å². The van der Waals surface area contributed by atoms with Gasteiger partial charge in [0.1, 0.15) is 11.2 Å². The molecule has 0 saturated carbocycles. The van der Waals surface area contributed by atoms with Crippen LogP contribution >= 0.6 is 0 Å². The van der Waals surface area contributed by atoms with Crippen molar-refractivity contribution in [2.24, 2.45) is 7.05 Å². The summed E-state index contributed by atoms with van der Waals surface area (Å²) in [4.78, 5) is 0.223. The molecule has 2 N–H and O–H groups in total. The van der Waals surface area contributed by atoms with Crippen molar-refractivity contribution < 1.29 is 8.42 Å². The maximum Gasteiger partial charge on any atom is 0.242 e. The Morgan fingerprint density at radius 3 is 2.62 bits per heavy atom. The fourth-order valence-corrected chi connectivity index (χ4v) is 3.30. The first-order valence-corrected chi connectivity index (χ1v) is 8.06. The number of hydrogen-bond donors (Lipinski definition) is 2. The molecule has 2 aromatic rings. The summed E-state index contributed by atoms with van der Waals surface area (Å²) in [5.74, 6) is 0.721. The molecule has 0 fully saturated rings. The monoisotopic (exact) mass is 309 g/mol. The highest BCUT2D eigenvalue weighted by Crippen LogP contribution is 2.21. The Labute approximate surface area is 124 Å². The summed E-state index contributed by atoms with van der Waals surface area (Å²) in [7, 11) is -1.71. The maximum absolute atomic E-state index is 12.3. The van der Waals surface area contributed by atoms with Crippen molar-refractivity contribution in [2.75, 3.05) is 5.32 Å². The van der Waals surface area contributed by atoms with E-state index in [0.29, 0.717) is 12.2 Å². The van der Waals surface area contributed by atoms with Crippen molar-refractivity contribution in [1.82, 2.24) is 19.5 Å². The number of anilines is 1. The number of para-hydroxylation sites is 1. The van der Waals surface area contributed by atoms with Crippen LogP contribution in [-0.2, 0) is 23.6 Å². The Morgan fingerprint density at radius 1 is 1.29 bits per heavy atom. The highest BCUT2D eigenvalue weighted by Gasteiger charge is 2.19. The van der Waals surface area contributed by atoms with E-state index in [2.05, 4.69) is 20.2 Å². The molecule has 21 heavy (non-hydrogen) atoms. The van der Waals surface area contributed by atoms with Gasteiger partial charge < -0.3 is 9.88 Å². The first-order valence-electron chi connectivity index (χ1n) is 6.58. The molecule has 0 aliphatic heterocycles. The van der Waals surface area contributed by atoms with Gasteiger partial charge in [0.25, 0.3) is 0 Å². The average Bonchev–Trinajstić information content (AvgIpc) is 2.81. The average molecular weight is 309 g/mol. The van der Waals surface area contributed by atoms with E-state index in [1.54, 1.807) is 49.0 Å². The van der Waals surface area contributed by atoms with E-state index >= 15 is 0 Å². The van der Waals surface area contributed by atoms with Gasteiger partial charge in [-0.1, -0.05) is 12.1 Å². The van der Waals surface area contributed by atoms with Crippen LogP contribution in [0.3, 0.4) is 0 Å². The zero-order valence-corrected chi connectivity index (χ0v) is 13.1. The second-order valence-electron chi connectivity index (χ2n) is 4.98. The summed E-state index contributed by atoms with van der Waals surface area (Å²) in [6, 6.07) is 6.62. The van der Waals surface area contributed by atoms with Gasteiger partial charge in [-0.15, -0.1) is 10.2 Å². The predicted molar refractivity (Wildman–Crippen MR) is 80.2 cm³/mol. The molecule has 114 valence electrons. The van der Waals surface area contributed by atoms with Gasteiger partial charge in [0.15, 0.2) is 5.82 Å². The molecule has 1 heterocycles. The SMILES string of the molecule is CC(C)NS(=O)(=O)c1ccccc1NCc1nncn1C. The third kappa shape index (κ3) is 3.79. The minimum Gasteiger partial charge on any atom is -0.377 e. The number of nitrogens with zero attached hydrogens (tertiary/aromatic N) is 3. The van der Waals surface area contributed by atoms with Gasteiger partial charge in [-0.25, -0.2) is 13.1 Å². The van der Waals surface area contributed by atoms with E-state index in [1.165, 1.54) is 0 Å². The third-order valence-corrected chi connectivity index (χ3v) is 4.53. The van der Waals surface area contributed by atoms with Crippen molar-refractivity contribution >= 4 is 15.7 Å². The summed E-state index contributed by atoms with van der Waals surface area (Å²) in [6.45, 7) is 3.96. The standard InChI is InChI=1S/C13H19N5O2S/c1-10(2)17-21(19,20)12-7-5-4-6-11(12)14-8-13-16-15-9-18(13)3/h4-7,9-10,14,17H,8H2,1-3H3. The first-order chi connectivity index (χ1) is 9.90. The molecule has 0 aliphatic carbocycles. The zero-order chi connectivity index (χ0) is 15.5. The van der Waals surface area contributed by atoms with Crippen LogP contribution in [0.4, 0.5) is 5.69 Å². The quantitative estimate of drug-likeness (QED) is 0.834. The van der Waals surface area contributed by atoms with E-state index in [0.717, 1.165) is 5.82 Å². The highest BCUT2D eigenvalue weighted by molar-refractivity contribution is 7.89. The van der Waals surface area contributed by atoms with Crippen molar-refractivity contribution in [2.45, 2.75) is 31.3 Å². The molecule has 1 aromatic carbocycles. The van der Waals surface area contributed by atoms with E-state index in [4.69, 9.17) is 0 Å². The van der Waals surface area contributed by atoms with Crippen molar-refractivity contribution in [3.8, 4) is 0 Å². The van der Waals surface area contributed by atoms with Gasteiger partial charge in [0, 0.05) is 13.1 Å². The van der Waals surface area contributed by atoms with Crippen LogP contribution in [-0.4, -0.2) is 29.2 Å². The molecule has 7 nitrogen and oxygen atoms in total. The van der Waals surface area contributed by atoms with E-state index in [1.807, 2.05) is 7.05 Å². The molecule has 0 bridgehead atoms. The fourth-order valence-electron chi connectivity index (χ4n) is 1.86. The summed E-state index contributed by atoms with van der Waals surface area (Å²) in [5.41, 5.74) is 0.536. The van der Waals surface area contributed by atoms with Gasteiger partial charge in [-0.05, 0) is 26.0 Å². The van der Waals surface area contributed by atoms with Crippen LogP contribution in [0.2, 0.25) is 0 Å². The fraction of sp³-hybridized carbons (Fsp3) is 0.385. The molecular weight excluding hydrogens is 290 g/mol. The molecule has 0 amide bonds. The molecule has 2 rings (SSSR count). The molecule has 0 unspecified atom stereocenters. The minimum absolute atomic E-state index is 0.165. The second kappa shape index (κ2) is 6.23. The van der Waals surface area contributed by atoms with E-state index in [9.17, 15) is 8.42 Å². The third-order valence-electron chi connectivity index (χ3n) is 2.81. The van der Waals surface area contributed by atoms with Crippen LogP contribution in [0.1, 0.15) is 19.7 Å². The molecular formula is C13H19N5O2S. The summed E-state index contributed by atoms with van der Waals surface area (Å²) >= 11 is 0. The lowest BCUT2D eigenvalue weighted by molar-refractivity contribution is 0.570. The Kier molecular flexibility index (Phi) is 4.59. The molecule has 0 spiro atoms. The minimum atomic E-state index is -3.55. The van der Waals surface area contributed by atoms with Crippen LogP contribution < -0.4 is 10.0 Å². The van der Waals surface area contributed by atoms with Crippen molar-refractivity contribution in [1.29, 1.82) is 0 Å². The number of hydrogen-bond acceptors (Lipinski definition) is 5. The lowest BCUT2D eigenvalue weighted by atomic mass is 10.3. The largest absolute Gasteiger partial charge is 0.377 e. The Hall–Kier alpha value is -1.93. The smallest absolute Gasteiger partial charge is 0.242 e. The number of benzene rings is 1. The molecule has 0 radical (unpaired) electrons. The number of nitrogens with one attached hydrogen (secondary N) is 2. The Bertz CT molecular complexity index is 709. The topological polar surface area (TPSA) is 88.9 Å². The predicted octanol–water partition coefficient (Wildman–Crippen LogP) is 1.11. The number of sulfonamides is 1. The molecule has 0 aliphatic rings. The molecule has 1 aromatic heterocycles. The number of aromatic nitrogens is 3. The number of rotatable bonds is 6. The summed E-state index contributed by atoms with van der Waals surface area (Å²) < 4.78 is 29.0. The van der Waals surface area contributed by atoms with E-state index < -0.39 is 10.0 Å². The van der Waals surface area contributed by atoms with Crippen molar-refractivity contribution in [3.63, 3.8) is 0 Å². The lowest BCUT2D eigenvalue weighted by Gasteiger charge is -2.14. The lowest BCUT2D eigenvalue weighted by Crippen LogP contribution is -2.30.